The van der Waals surface area contributed by atoms with Crippen molar-refractivity contribution in [3.05, 3.63) is 22.2 Å². The van der Waals surface area contributed by atoms with Crippen molar-refractivity contribution in [1.82, 2.24) is 4.98 Å². The SMILES string of the molecule is Cc1ncsc1C1=CC(=O)CCCC1. The summed E-state index contributed by atoms with van der Waals surface area (Å²) in [5, 5.41) is 0. The van der Waals surface area contributed by atoms with Gasteiger partial charge in [0.1, 0.15) is 0 Å². The number of allylic oxidation sites excluding steroid dienone is 2. The highest BCUT2D eigenvalue weighted by Crippen LogP contribution is 2.29. The molecule has 0 atom stereocenters. The maximum Gasteiger partial charge on any atom is 0.156 e. The summed E-state index contributed by atoms with van der Waals surface area (Å²) in [5.41, 5.74) is 4.09. The molecule has 3 heteroatoms. The van der Waals surface area contributed by atoms with Crippen molar-refractivity contribution in [2.24, 2.45) is 0 Å². The normalized spacial score (nSPS) is 17.8. The lowest BCUT2D eigenvalue weighted by atomic mass is 10.1. The third kappa shape index (κ3) is 1.93. The van der Waals surface area contributed by atoms with E-state index in [0.717, 1.165) is 25.0 Å². The molecule has 0 spiro atoms. The summed E-state index contributed by atoms with van der Waals surface area (Å²) >= 11 is 1.64. The average Bonchev–Trinajstić information content (AvgIpc) is 2.45. The molecule has 2 nitrogen and oxygen atoms in total. The Bertz CT molecular complexity index is 378. The Morgan fingerprint density at radius 1 is 1.36 bits per heavy atom. The van der Waals surface area contributed by atoms with Crippen LogP contribution in [-0.4, -0.2) is 10.8 Å². The highest BCUT2D eigenvalue weighted by molar-refractivity contribution is 7.11. The number of hydrogen-bond donors (Lipinski definition) is 0. The van der Waals surface area contributed by atoms with Crippen LogP contribution in [0.2, 0.25) is 0 Å². The first-order valence-corrected chi connectivity index (χ1v) is 5.79. The third-order valence-electron chi connectivity index (χ3n) is 2.49. The van der Waals surface area contributed by atoms with Crippen LogP contribution in [0.4, 0.5) is 0 Å². The summed E-state index contributed by atoms with van der Waals surface area (Å²) in [7, 11) is 0. The largest absolute Gasteiger partial charge is 0.295 e. The number of aryl methyl sites for hydroxylation is 1. The molecule has 0 N–H and O–H groups in total. The van der Waals surface area contributed by atoms with Gasteiger partial charge in [-0.25, -0.2) is 4.98 Å². The third-order valence-corrected chi connectivity index (χ3v) is 3.50. The van der Waals surface area contributed by atoms with E-state index < -0.39 is 0 Å². The van der Waals surface area contributed by atoms with Crippen LogP contribution in [0, 0.1) is 6.92 Å². The summed E-state index contributed by atoms with van der Waals surface area (Å²) in [6, 6.07) is 0. The molecule has 0 saturated heterocycles. The molecule has 0 unspecified atom stereocenters. The molecule has 14 heavy (non-hydrogen) atoms. The van der Waals surface area contributed by atoms with Gasteiger partial charge in [0.05, 0.1) is 16.1 Å². The van der Waals surface area contributed by atoms with E-state index in [0.29, 0.717) is 6.42 Å². The fourth-order valence-electron chi connectivity index (χ4n) is 1.74. The van der Waals surface area contributed by atoms with Gasteiger partial charge in [-0.15, -0.1) is 11.3 Å². The van der Waals surface area contributed by atoms with E-state index in [4.69, 9.17) is 0 Å². The highest BCUT2D eigenvalue weighted by atomic mass is 32.1. The monoisotopic (exact) mass is 207 g/mol. The number of carbonyl (C=O) groups is 1. The quantitative estimate of drug-likeness (QED) is 0.708. The molecule has 1 aliphatic rings. The Morgan fingerprint density at radius 2 is 2.14 bits per heavy atom. The minimum absolute atomic E-state index is 0.269. The first kappa shape index (κ1) is 9.59. The van der Waals surface area contributed by atoms with Crippen molar-refractivity contribution in [1.29, 1.82) is 0 Å². The fourth-order valence-corrected chi connectivity index (χ4v) is 2.59. The lowest BCUT2D eigenvalue weighted by Crippen LogP contribution is -1.90. The Kier molecular flexibility index (Phi) is 2.77. The van der Waals surface area contributed by atoms with Gasteiger partial charge in [-0.05, 0) is 37.8 Å². The number of ketones is 1. The van der Waals surface area contributed by atoms with Crippen LogP contribution in [-0.2, 0) is 4.79 Å². The molecule has 1 aromatic rings. The lowest BCUT2D eigenvalue weighted by Gasteiger charge is -2.01. The van der Waals surface area contributed by atoms with Gasteiger partial charge in [-0.3, -0.25) is 4.79 Å². The van der Waals surface area contributed by atoms with E-state index in [1.54, 1.807) is 11.3 Å². The average molecular weight is 207 g/mol. The summed E-state index contributed by atoms with van der Waals surface area (Å²) in [4.78, 5) is 16.8. The highest BCUT2D eigenvalue weighted by Gasteiger charge is 2.13. The number of rotatable bonds is 1. The van der Waals surface area contributed by atoms with Crippen LogP contribution in [0.3, 0.4) is 0 Å². The van der Waals surface area contributed by atoms with Gasteiger partial charge < -0.3 is 0 Å². The van der Waals surface area contributed by atoms with E-state index in [-0.39, 0.29) is 5.78 Å². The molecule has 0 aliphatic heterocycles. The molecular weight excluding hydrogens is 194 g/mol. The number of hydrogen-bond acceptors (Lipinski definition) is 3. The predicted molar refractivity (Wildman–Crippen MR) is 58.3 cm³/mol. The Hall–Kier alpha value is -0.960. The molecule has 0 fully saturated rings. The van der Waals surface area contributed by atoms with E-state index >= 15 is 0 Å². The molecule has 0 radical (unpaired) electrons. The van der Waals surface area contributed by atoms with Crippen molar-refractivity contribution in [3.8, 4) is 0 Å². The van der Waals surface area contributed by atoms with Gasteiger partial charge in [0.25, 0.3) is 0 Å². The topological polar surface area (TPSA) is 30.0 Å². The molecule has 1 aromatic heterocycles. The number of carbonyl (C=O) groups excluding carboxylic acids is 1. The standard InChI is InChI=1S/C11H13NOS/c1-8-11(14-7-12-8)9-4-2-3-5-10(13)6-9/h6-7H,2-5H2,1H3. The van der Waals surface area contributed by atoms with E-state index in [1.807, 2.05) is 18.5 Å². The van der Waals surface area contributed by atoms with Crippen LogP contribution in [0.1, 0.15) is 36.3 Å². The zero-order valence-electron chi connectivity index (χ0n) is 8.25. The molecule has 0 aromatic carbocycles. The van der Waals surface area contributed by atoms with Gasteiger partial charge in [-0.2, -0.15) is 0 Å². The molecule has 0 bridgehead atoms. The smallest absolute Gasteiger partial charge is 0.156 e. The second-order valence-electron chi connectivity index (χ2n) is 3.61. The molecule has 2 rings (SSSR count). The van der Waals surface area contributed by atoms with Crippen LogP contribution in [0.25, 0.3) is 5.57 Å². The first-order chi connectivity index (χ1) is 6.77. The van der Waals surface area contributed by atoms with Gasteiger partial charge in [0.2, 0.25) is 0 Å². The molecule has 1 heterocycles. The van der Waals surface area contributed by atoms with Crippen molar-refractivity contribution in [2.45, 2.75) is 32.6 Å². The minimum atomic E-state index is 0.269. The lowest BCUT2D eigenvalue weighted by molar-refractivity contribution is -0.114. The number of thiazole rings is 1. The zero-order valence-corrected chi connectivity index (χ0v) is 9.06. The zero-order chi connectivity index (χ0) is 9.97. The Morgan fingerprint density at radius 3 is 2.86 bits per heavy atom. The van der Waals surface area contributed by atoms with E-state index in [2.05, 4.69) is 4.98 Å². The molecular formula is C11H13NOS. The molecule has 0 amide bonds. The van der Waals surface area contributed by atoms with Crippen molar-refractivity contribution in [3.63, 3.8) is 0 Å². The second-order valence-corrected chi connectivity index (χ2v) is 4.46. The Labute approximate surface area is 87.7 Å². The van der Waals surface area contributed by atoms with E-state index in [1.165, 1.54) is 10.5 Å². The molecule has 1 aliphatic carbocycles. The van der Waals surface area contributed by atoms with E-state index in [9.17, 15) is 4.79 Å². The summed E-state index contributed by atoms with van der Waals surface area (Å²) in [5.74, 6) is 0.269. The maximum atomic E-state index is 11.4. The summed E-state index contributed by atoms with van der Waals surface area (Å²) in [6.07, 6.45) is 5.69. The van der Waals surface area contributed by atoms with Crippen LogP contribution in [0.15, 0.2) is 11.6 Å². The summed E-state index contributed by atoms with van der Waals surface area (Å²) in [6.45, 7) is 2.00. The van der Waals surface area contributed by atoms with Gasteiger partial charge in [0, 0.05) is 6.42 Å². The van der Waals surface area contributed by atoms with Crippen molar-refractivity contribution >= 4 is 22.7 Å². The predicted octanol–water partition coefficient (Wildman–Crippen LogP) is 2.98. The van der Waals surface area contributed by atoms with Crippen LogP contribution < -0.4 is 0 Å². The van der Waals surface area contributed by atoms with Crippen LogP contribution in [0.5, 0.6) is 0 Å². The number of aromatic nitrogens is 1. The molecule has 0 saturated carbocycles. The second kappa shape index (κ2) is 4.05. The van der Waals surface area contributed by atoms with Gasteiger partial charge >= 0.3 is 0 Å². The number of nitrogens with zero attached hydrogens (tertiary/aromatic N) is 1. The molecule has 74 valence electrons. The summed E-state index contributed by atoms with van der Waals surface area (Å²) < 4.78 is 0. The van der Waals surface area contributed by atoms with Gasteiger partial charge in [0.15, 0.2) is 5.78 Å². The van der Waals surface area contributed by atoms with Crippen molar-refractivity contribution < 1.29 is 4.79 Å². The van der Waals surface area contributed by atoms with Gasteiger partial charge in [-0.1, -0.05) is 0 Å². The minimum Gasteiger partial charge on any atom is -0.295 e. The maximum absolute atomic E-state index is 11.4. The van der Waals surface area contributed by atoms with Crippen molar-refractivity contribution in [2.75, 3.05) is 0 Å². The van der Waals surface area contributed by atoms with Crippen LogP contribution >= 0.6 is 11.3 Å². The first-order valence-electron chi connectivity index (χ1n) is 4.91. The fraction of sp³-hybridized carbons (Fsp3) is 0.455. The Balaban J connectivity index is 2.33.